The van der Waals surface area contributed by atoms with Gasteiger partial charge in [0.15, 0.2) is 0 Å². The second-order valence-electron chi connectivity index (χ2n) is 6.86. The number of carbonyl (C=O) groups is 2. The van der Waals surface area contributed by atoms with Gasteiger partial charge in [-0.2, -0.15) is 0 Å². The van der Waals surface area contributed by atoms with Gasteiger partial charge < -0.3 is 15.5 Å². The van der Waals surface area contributed by atoms with E-state index < -0.39 is 0 Å². The van der Waals surface area contributed by atoms with Gasteiger partial charge in [0.25, 0.3) is 0 Å². The van der Waals surface area contributed by atoms with E-state index >= 15 is 0 Å². The van der Waals surface area contributed by atoms with Crippen molar-refractivity contribution in [3.8, 4) is 0 Å². The Morgan fingerprint density at radius 3 is 2.30 bits per heavy atom. The van der Waals surface area contributed by atoms with Crippen LogP contribution >= 0.6 is 0 Å². The van der Waals surface area contributed by atoms with Crippen molar-refractivity contribution in [2.24, 2.45) is 0 Å². The number of amides is 2. The minimum atomic E-state index is -0.338. The van der Waals surface area contributed by atoms with Crippen LogP contribution in [0.4, 0.5) is 0 Å². The molecule has 5 nitrogen and oxygen atoms in total. The minimum Gasteiger partial charge on any atom is -0.353 e. The van der Waals surface area contributed by atoms with Gasteiger partial charge in [0, 0.05) is 26.2 Å². The lowest BCUT2D eigenvalue weighted by Gasteiger charge is -2.24. The third kappa shape index (κ3) is 5.66. The molecule has 1 aliphatic heterocycles. The van der Waals surface area contributed by atoms with Gasteiger partial charge in [-0.1, -0.05) is 60.7 Å². The predicted molar refractivity (Wildman–Crippen MR) is 106 cm³/mol. The summed E-state index contributed by atoms with van der Waals surface area (Å²) in [5.74, 6) is -0.0172. The van der Waals surface area contributed by atoms with Crippen LogP contribution in [0.3, 0.4) is 0 Å². The van der Waals surface area contributed by atoms with Crippen molar-refractivity contribution in [2.45, 2.75) is 31.8 Å². The van der Waals surface area contributed by atoms with Crippen molar-refractivity contribution in [1.29, 1.82) is 0 Å². The van der Waals surface area contributed by atoms with Crippen molar-refractivity contribution in [3.63, 3.8) is 0 Å². The highest BCUT2D eigenvalue weighted by atomic mass is 16.2. The molecule has 1 aliphatic rings. The monoisotopic (exact) mass is 365 g/mol. The Bertz CT molecular complexity index is 734. The normalized spacial score (nSPS) is 16.3. The molecule has 1 saturated heterocycles. The third-order valence-corrected chi connectivity index (χ3v) is 4.85. The average Bonchev–Trinajstić information content (AvgIpc) is 3.19. The first-order valence-corrected chi connectivity index (χ1v) is 9.60. The first kappa shape index (κ1) is 19.1. The van der Waals surface area contributed by atoms with E-state index in [1.165, 1.54) is 5.56 Å². The van der Waals surface area contributed by atoms with Crippen LogP contribution in [0.15, 0.2) is 60.7 Å². The van der Waals surface area contributed by atoms with Gasteiger partial charge in [-0.25, -0.2) is 0 Å². The van der Waals surface area contributed by atoms with E-state index in [1.807, 2.05) is 48.5 Å². The molecule has 1 heterocycles. The summed E-state index contributed by atoms with van der Waals surface area (Å²) in [5.41, 5.74) is 2.20. The molecule has 142 valence electrons. The average molecular weight is 365 g/mol. The van der Waals surface area contributed by atoms with Gasteiger partial charge in [-0.3, -0.25) is 9.59 Å². The van der Waals surface area contributed by atoms with Crippen molar-refractivity contribution in [1.82, 2.24) is 15.5 Å². The molecule has 2 aromatic carbocycles. The van der Waals surface area contributed by atoms with Crippen LogP contribution in [0.1, 0.15) is 24.0 Å². The van der Waals surface area contributed by atoms with Crippen molar-refractivity contribution in [2.75, 3.05) is 19.6 Å². The van der Waals surface area contributed by atoms with Gasteiger partial charge in [0.05, 0.1) is 6.42 Å². The van der Waals surface area contributed by atoms with E-state index in [9.17, 15) is 9.59 Å². The quantitative estimate of drug-likeness (QED) is 0.705. The summed E-state index contributed by atoms with van der Waals surface area (Å²) in [7, 11) is 0. The molecule has 1 fully saturated rings. The molecule has 0 aromatic heterocycles. The fraction of sp³-hybridized carbons (Fsp3) is 0.364. The van der Waals surface area contributed by atoms with Gasteiger partial charge in [-0.05, 0) is 24.0 Å². The summed E-state index contributed by atoms with van der Waals surface area (Å²) >= 11 is 0. The molecular weight excluding hydrogens is 338 g/mol. The Morgan fingerprint density at radius 2 is 1.59 bits per heavy atom. The van der Waals surface area contributed by atoms with E-state index in [1.54, 1.807) is 4.90 Å². The molecule has 27 heavy (non-hydrogen) atoms. The van der Waals surface area contributed by atoms with Crippen LogP contribution in [0.25, 0.3) is 0 Å². The largest absolute Gasteiger partial charge is 0.353 e. The van der Waals surface area contributed by atoms with E-state index in [0.717, 1.165) is 24.9 Å². The SMILES string of the molecule is O=C(NCCNCc1ccccc1)[C@H]1CCCN1C(=O)Cc1ccccc1. The lowest BCUT2D eigenvalue weighted by molar-refractivity contribution is -0.137. The molecule has 0 radical (unpaired) electrons. The van der Waals surface area contributed by atoms with E-state index in [-0.39, 0.29) is 17.9 Å². The number of benzene rings is 2. The van der Waals surface area contributed by atoms with Crippen LogP contribution in [-0.4, -0.2) is 42.4 Å². The Morgan fingerprint density at radius 1 is 0.926 bits per heavy atom. The van der Waals surface area contributed by atoms with Gasteiger partial charge in [-0.15, -0.1) is 0 Å². The fourth-order valence-corrected chi connectivity index (χ4v) is 3.43. The lowest BCUT2D eigenvalue weighted by Crippen LogP contribution is -2.47. The summed E-state index contributed by atoms with van der Waals surface area (Å²) in [6.07, 6.45) is 1.97. The highest BCUT2D eigenvalue weighted by molar-refractivity contribution is 5.89. The fourth-order valence-electron chi connectivity index (χ4n) is 3.43. The van der Waals surface area contributed by atoms with E-state index in [2.05, 4.69) is 22.8 Å². The Labute approximate surface area is 160 Å². The number of nitrogens with zero attached hydrogens (tertiary/aromatic N) is 1. The van der Waals surface area contributed by atoms with Crippen LogP contribution < -0.4 is 10.6 Å². The highest BCUT2D eigenvalue weighted by Gasteiger charge is 2.33. The summed E-state index contributed by atoms with van der Waals surface area (Å²) in [5, 5.41) is 6.28. The molecular formula is C22H27N3O2. The second kappa shape index (κ2) is 9.88. The number of rotatable bonds is 8. The zero-order valence-electron chi connectivity index (χ0n) is 15.6. The molecule has 0 saturated carbocycles. The van der Waals surface area contributed by atoms with E-state index in [4.69, 9.17) is 0 Å². The second-order valence-corrected chi connectivity index (χ2v) is 6.86. The Hall–Kier alpha value is -2.66. The molecule has 5 heteroatoms. The lowest BCUT2D eigenvalue weighted by atomic mass is 10.1. The first-order valence-electron chi connectivity index (χ1n) is 9.60. The molecule has 3 rings (SSSR count). The highest BCUT2D eigenvalue weighted by Crippen LogP contribution is 2.19. The van der Waals surface area contributed by atoms with Crippen LogP contribution in [0.5, 0.6) is 0 Å². The van der Waals surface area contributed by atoms with Crippen LogP contribution in [-0.2, 0) is 22.6 Å². The first-order chi connectivity index (χ1) is 13.2. The standard InChI is InChI=1S/C22H27N3O2/c26-21(16-18-8-3-1-4-9-18)25-15-7-12-20(25)22(27)24-14-13-23-17-19-10-5-2-6-11-19/h1-6,8-11,20,23H,7,12-17H2,(H,24,27)/t20-/m1/s1. The number of likely N-dealkylation sites (tertiary alicyclic amines) is 1. The molecule has 2 amide bonds. The Kier molecular flexibility index (Phi) is 6.99. The zero-order chi connectivity index (χ0) is 18.9. The van der Waals surface area contributed by atoms with Gasteiger partial charge in [0.1, 0.15) is 6.04 Å². The summed E-state index contributed by atoms with van der Waals surface area (Å²) in [4.78, 5) is 26.8. The van der Waals surface area contributed by atoms with Gasteiger partial charge in [0.2, 0.25) is 11.8 Å². The maximum atomic E-state index is 12.6. The predicted octanol–water partition coefficient (Wildman–Crippen LogP) is 2.13. The van der Waals surface area contributed by atoms with Crippen LogP contribution in [0.2, 0.25) is 0 Å². The molecule has 2 N–H and O–H groups in total. The Balaban J connectivity index is 1.41. The van der Waals surface area contributed by atoms with Crippen molar-refractivity contribution >= 4 is 11.8 Å². The maximum Gasteiger partial charge on any atom is 0.242 e. The molecule has 0 aliphatic carbocycles. The molecule has 0 bridgehead atoms. The molecule has 1 atom stereocenters. The van der Waals surface area contributed by atoms with Crippen molar-refractivity contribution < 1.29 is 9.59 Å². The number of hydrogen-bond acceptors (Lipinski definition) is 3. The summed E-state index contributed by atoms with van der Waals surface area (Å²) in [6, 6.07) is 19.5. The zero-order valence-corrected chi connectivity index (χ0v) is 15.6. The summed E-state index contributed by atoms with van der Waals surface area (Å²) in [6.45, 7) is 2.70. The number of nitrogens with one attached hydrogen (secondary N) is 2. The van der Waals surface area contributed by atoms with Crippen molar-refractivity contribution in [3.05, 3.63) is 71.8 Å². The molecule has 0 unspecified atom stereocenters. The molecule has 0 spiro atoms. The third-order valence-electron chi connectivity index (χ3n) is 4.85. The molecule has 2 aromatic rings. The van der Waals surface area contributed by atoms with E-state index in [0.29, 0.717) is 26.1 Å². The minimum absolute atomic E-state index is 0.0288. The maximum absolute atomic E-state index is 12.6. The number of carbonyl (C=O) groups excluding carboxylic acids is 2. The topological polar surface area (TPSA) is 61.4 Å². The van der Waals surface area contributed by atoms with Crippen LogP contribution in [0, 0.1) is 0 Å². The summed E-state index contributed by atoms with van der Waals surface area (Å²) < 4.78 is 0. The smallest absolute Gasteiger partial charge is 0.242 e. The van der Waals surface area contributed by atoms with Gasteiger partial charge >= 0.3 is 0 Å². The number of hydrogen-bond donors (Lipinski definition) is 2.